The molecule has 1 aliphatic heterocycles. The molecule has 0 aromatic carbocycles. The molecule has 1 N–H and O–H groups in total. The lowest BCUT2D eigenvalue weighted by atomic mass is 9.75. The highest BCUT2D eigenvalue weighted by Crippen LogP contribution is 2.37. The number of hydrogen-bond donors (Lipinski definition) is 1. The van der Waals surface area contributed by atoms with Crippen LogP contribution in [0, 0.1) is 5.41 Å². The Morgan fingerprint density at radius 1 is 1.29 bits per heavy atom. The molecular formula is C9H16F3NS. The smallest absolute Gasteiger partial charge is 0.316 e. The molecular weight excluding hydrogens is 211 g/mol. The summed E-state index contributed by atoms with van der Waals surface area (Å²) in [5.74, 6) is 0.200. The molecule has 0 bridgehead atoms. The molecule has 0 aromatic rings. The van der Waals surface area contributed by atoms with E-state index in [9.17, 15) is 13.2 Å². The first-order valence-corrected chi connectivity index (χ1v) is 5.87. The second-order valence-electron chi connectivity index (χ2n) is 3.90. The number of nitrogens with one attached hydrogen (secondary N) is 1. The zero-order valence-corrected chi connectivity index (χ0v) is 9.10. The van der Waals surface area contributed by atoms with Gasteiger partial charge in [0, 0.05) is 18.8 Å². The van der Waals surface area contributed by atoms with E-state index in [2.05, 4.69) is 12.2 Å². The predicted molar refractivity (Wildman–Crippen MR) is 53.3 cm³/mol. The zero-order valence-electron chi connectivity index (χ0n) is 8.28. The zero-order chi connectivity index (χ0) is 10.7. The Bertz CT molecular complexity index is 177. The average molecular weight is 227 g/mol. The van der Waals surface area contributed by atoms with Crippen molar-refractivity contribution in [3.8, 4) is 0 Å². The van der Waals surface area contributed by atoms with E-state index >= 15 is 0 Å². The molecule has 0 saturated carbocycles. The Balaban J connectivity index is 2.21. The van der Waals surface area contributed by atoms with E-state index in [0.717, 1.165) is 25.9 Å². The van der Waals surface area contributed by atoms with Gasteiger partial charge in [0.1, 0.15) is 0 Å². The Hall–Kier alpha value is 0.1000. The maximum absolute atomic E-state index is 11.9. The maximum atomic E-state index is 11.9. The lowest BCUT2D eigenvalue weighted by Crippen LogP contribution is -2.53. The van der Waals surface area contributed by atoms with Crippen LogP contribution in [0.1, 0.15) is 26.2 Å². The Morgan fingerprint density at radius 2 is 1.93 bits per heavy atom. The minimum Gasteiger partial charge on any atom is -0.316 e. The average Bonchev–Trinajstić information content (AvgIpc) is 1.97. The molecule has 1 nitrogen and oxygen atoms in total. The molecule has 1 rings (SSSR count). The van der Waals surface area contributed by atoms with Crippen molar-refractivity contribution in [2.24, 2.45) is 5.41 Å². The van der Waals surface area contributed by atoms with Gasteiger partial charge in [0.05, 0.1) is 0 Å². The molecule has 1 saturated heterocycles. The first-order valence-electron chi connectivity index (χ1n) is 4.89. The van der Waals surface area contributed by atoms with Gasteiger partial charge >= 0.3 is 5.51 Å². The standard InChI is InChI=1S/C9H16F3NS/c1-2-3-8(6-13-7-8)4-5-14-9(10,11)12/h13H,2-7H2,1H3. The van der Waals surface area contributed by atoms with Gasteiger partial charge in [0.15, 0.2) is 0 Å². The molecule has 0 unspecified atom stereocenters. The molecule has 0 atom stereocenters. The minimum atomic E-state index is -4.06. The van der Waals surface area contributed by atoms with Gasteiger partial charge in [-0.3, -0.25) is 0 Å². The van der Waals surface area contributed by atoms with Gasteiger partial charge in [0.2, 0.25) is 0 Å². The van der Waals surface area contributed by atoms with Gasteiger partial charge < -0.3 is 5.32 Å². The summed E-state index contributed by atoms with van der Waals surface area (Å²) in [5, 5.41) is 3.14. The van der Waals surface area contributed by atoms with Crippen molar-refractivity contribution < 1.29 is 13.2 Å². The largest absolute Gasteiger partial charge is 0.441 e. The molecule has 0 aromatic heterocycles. The van der Waals surface area contributed by atoms with E-state index in [1.807, 2.05) is 0 Å². The van der Waals surface area contributed by atoms with Crippen LogP contribution in [0.4, 0.5) is 13.2 Å². The second kappa shape index (κ2) is 4.75. The fraction of sp³-hybridized carbons (Fsp3) is 1.00. The van der Waals surface area contributed by atoms with Gasteiger partial charge in [-0.25, -0.2) is 0 Å². The van der Waals surface area contributed by atoms with Gasteiger partial charge in [-0.15, -0.1) is 0 Å². The van der Waals surface area contributed by atoms with Crippen molar-refractivity contribution in [1.29, 1.82) is 0 Å². The minimum absolute atomic E-state index is 0.108. The van der Waals surface area contributed by atoms with Crippen molar-refractivity contribution in [3.05, 3.63) is 0 Å². The number of thioether (sulfide) groups is 1. The second-order valence-corrected chi connectivity index (χ2v) is 5.06. The van der Waals surface area contributed by atoms with Crippen molar-refractivity contribution >= 4 is 11.8 Å². The van der Waals surface area contributed by atoms with E-state index in [1.54, 1.807) is 0 Å². The maximum Gasteiger partial charge on any atom is 0.441 e. The van der Waals surface area contributed by atoms with Crippen LogP contribution in [0.3, 0.4) is 0 Å². The monoisotopic (exact) mass is 227 g/mol. The topological polar surface area (TPSA) is 12.0 Å². The summed E-state index contributed by atoms with van der Waals surface area (Å²) >= 11 is 0.108. The van der Waals surface area contributed by atoms with E-state index < -0.39 is 5.51 Å². The molecule has 5 heteroatoms. The van der Waals surface area contributed by atoms with Crippen LogP contribution in [0.15, 0.2) is 0 Å². The summed E-state index contributed by atoms with van der Waals surface area (Å²) in [6.45, 7) is 3.86. The fourth-order valence-electron chi connectivity index (χ4n) is 1.87. The lowest BCUT2D eigenvalue weighted by molar-refractivity contribution is -0.0330. The normalized spacial score (nSPS) is 20.6. The summed E-state index contributed by atoms with van der Waals surface area (Å²) in [4.78, 5) is 0. The van der Waals surface area contributed by atoms with Crippen molar-refractivity contribution in [2.45, 2.75) is 31.7 Å². The number of rotatable bonds is 5. The van der Waals surface area contributed by atoms with Crippen LogP contribution in [0.25, 0.3) is 0 Å². The van der Waals surface area contributed by atoms with Crippen LogP contribution < -0.4 is 5.32 Å². The van der Waals surface area contributed by atoms with Crippen LogP contribution in [0.2, 0.25) is 0 Å². The van der Waals surface area contributed by atoms with Crippen molar-refractivity contribution in [1.82, 2.24) is 5.32 Å². The van der Waals surface area contributed by atoms with E-state index in [-0.39, 0.29) is 22.9 Å². The van der Waals surface area contributed by atoms with Crippen molar-refractivity contribution in [2.75, 3.05) is 18.8 Å². The van der Waals surface area contributed by atoms with Crippen molar-refractivity contribution in [3.63, 3.8) is 0 Å². The Morgan fingerprint density at radius 3 is 2.29 bits per heavy atom. The first kappa shape index (κ1) is 12.2. The SMILES string of the molecule is CCCC1(CCSC(F)(F)F)CNC1. The fourth-order valence-corrected chi connectivity index (χ4v) is 2.64. The highest BCUT2D eigenvalue weighted by molar-refractivity contribution is 8.00. The third kappa shape index (κ3) is 3.69. The van der Waals surface area contributed by atoms with Crippen LogP contribution in [-0.2, 0) is 0 Å². The number of alkyl halides is 3. The molecule has 14 heavy (non-hydrogen) atoms. The lowest BCUT2D eigenvalue weighted by Gasteiger charge is -2.43. The van der Waals surface area contributed by atoms with E-state index in [1.165, 1.54) is 0 Å². The predicted octanol–water partition coefficient (Wildman–Crippen LogP) is 3.02. The van der Waals surface area contributed by atoms with E-state index in [0.29, 0.717) is 6.42 Å². The quantitative estimate of drug-likeness (QED) is 0.774. The Kier molecular flexibility index (Phi) is 4.13. The summed E-state index contributed by atoms with van der Waals surface area (Å²) in [7, 11) is 0. The summed E-state index contributed by atoms with van der Waals surface area (Å²) < 4.78 is 35.7. The molecule has 1 aliphatic rings. The van der Waals surface area contributed by atoms with Gasteiger partial charge in [0.25, 0.3) is 0 Å². The number of halogens is 3. The van der Waals surface area contributed by atoms with Crippen LogP contribution in [0.5, 0.6) is 0 Å². The van der Waals surface area contributed by atoms with Gasteiger partial charge in [-0.1, -0.05) is 25.1 Å². The molecule has 0 amide bonds. The van der Waals surface area contributed by atoms with Crippen LogP contribution in [-0.4, -0.2) is 24.4 Å². The Labute approximate surface area is 86.8 Å². The van der Waals surface area contributed by atoms with Gasteiger partial charge in [-0.05, 0) is 18.3 Å². The molecule has 0 spiro atoms. The summed E-state index contributed by atoms with van der Waals surface area (Å²) in [5.41, 5.74) is -3.91. The highest BCUT2D eigenvalue weighted by Gasteiger charge is 2.37. The molecule has 1 fully saturated rings. The molecule has 1 heterocycles. The van der Waals surface area contributed by atoms with Crippen LogP contribution >= 0.6 is 11.8 Å². The molecule has 84 valence electrons. The third-order valence-corrected chi connectivity index (χ3v) is 3.41. The van der Waals surface area contributed by atoms with E-state index in [4.69, 9.17) is 0 Å². The van der Waals surface area contributed by atoms with Gasteiger partial charge in [-0.2, -0.15) is 13.2 Å². The molecule has 0 radical (unpaired) electrons. The summed E-state index contributed by atoms with van der Waals surface area (Å²) in [6.07, 6.45) is 2.77. The highest BCUT2D eigenvalue weighted by atomic mass is 32.2. The number of hydrogen-bond acceptors (Lipinski definition) is 2. The summed E-state index contributed by atoms with van der Waals surface area (Å²) in [6, 6.07) is 0. The third-order valence-electron chi connectivity index (χ3n) is 2.68. The molecule has 0 aliphatic carbocycles. The first-order chi connectivity index (χ1) is 6.47.